The van der Waals surface area contributed by atoms with E-state index >= 15 is 0 Å². The molecule has 0 radical (unpaired) electrons. The summed E-state index contributed by atoms with van der Waals surface area (Å²) in [6, 6.07) is 10.5. The molecule has 2 atom stereocenters. The fourth-order valence-electron chi connectivity index (χ4n) is 3.47. The van der Waals surface area contributed by atoms with Crippen LogP contribution in [0.5, 0.6) is 0 Å². The van der Waals surface area contributed by atoms with Gasteiger partial charge in [-0.05, 0) is 24.6 Å². The third-order valence-electron chi connectivity index (χ3n) is 4.66. The summed E-state index contributed by atoms with van der Waals surface area (Å²) >= 11 is 0. The molecule has 2 N–H and O–H groups in total. The van der Waals surface area contributed by atoms with Gasteiger partial charge in [0.1, 0.15) is 5.82 Å². The van der Waals surface area contributed by atoms with Gasteiger partial charge in [-0.2, -0.15) is 0 Å². The Hall–Kier alpha value is -2.40. The first-order valence-electron chi connectivity index (χ1n) is 7.96. The highest BCUT2D eigenvalue weighted by atomic mass is 15.2. The van der Waals surface area contributed by atoms with Crippen molar-refractivity contribution in [3.63, 3.8) is 0 Å². The highest BCUT2D eigenvalue weighted by Crippen LogP contribution is 2.31. The monoisotopic (exact) mass is 307 g/mol. The Kier molecular flexibility index (Phi) is 3.31. The SMILES string of the molecule is Cc1cc2ccccc2nc1N1C[C@@H](N)[C@H](c2cn(C)cn2)C1. The molecule has 2 aromatic heterocycles. The second-order valence-electron chi connectivity index (χ2n) is 6.46. The number of aryl methyl sites for hydroxylation is 2. The third-order valence-corrected chi connectivity index (χ3v) is 4.66. The van der Waals surface area contributed by atoms with Crippen molar-refractivity contribution in [1.29, 1.82) is 0 Å². The van der Waals surface area contributed by atoms with Crippen molar-refractivity contribution in [3.05, 3.63) is 54.1 Å². The van der Waals surface area contributed by atoms with Gasteiger partial charge in [-0.15, -0.1) is 0 Å². The molecule has 1 aromatic carbocycles. The molecule has 1 fully saturated rings. The maximum absolute atomic E-state index is 6.39. The molecule has 23 heavy (non-hydrogen) atoms. The first-order valence-corrected chi connectivity index (χ1v) is 7.96. The molecule has 0 aliphatic carbocycles. The van der Waals surface area contributed by atoms with Gasteiger partial charge in [0.05, 0.1) is 17.5 Å². The minimum Gasteiger partial charge on any atom is -0.354 e. The van der Waals surface area contributed by atoms with E-state index in [9.17, 15) is 0 Å². The third kappa shape index (κ3) is 2.47. The fourth-order valence-corrected chi connectivity index (χ4v) is 3.47. The Morgan fingerprint density at radius 3 is 2.83 bits per heavy atom. The molecule has 118 valence electrons. The molecule has 0 unspecified atom stereocenters. The molecule has 0 saturated carbocycles. The van der Waals surface area contributed by atoms with Crippen LogP contribution in [-0.2, 0) is 7.05 Å². The minimum absolute atomic E-state index is 0.0811. The van der Waals surface area contributed by atoms with E-state index in [0.717, 1.165) is 30.1 Å². The van der Waals surface area contributed by atoms with E-state index in [4.69, 9.17) is 10.7 Å². The van der Waals surface area contributed by atoms with E-state index < -0.39 is 0 Å². The number of hydrogen-bond donors (Lipinski definition) is 1. The summed E-state index contributed by atoms with van der Waals surface area (Å²) in [6.45, 7) is 3.80. The molecule has 1 aliphatic heterocycles. The van der Waals surface area contributed by atoms with Crippen LogP contribution in [-0.4, -0.2) is 33.7 Å². The van der Waals surface area contributed by atoms with Gasteiger partial charge >= 0.3 is 0 Å². The summed E-state index contributed by atoms with van der Waals surface area (Å²) in [5, 5.41) is 1.18. The van der Waals surface area contributed by atoms with Gasteiger partial charge in [0, 0.05) is 43.7 Å². The van der Waals surface area contributed by atoms with Crippen LogP contribution in [0.4, 0.5) is 5.82 Å². The number of hydrogen-bond acceptors (Lipinski definition) is 4. The van der Waals surface area contributed by atoms with Crippen molar-refractivity contribution in [2.45, 2.75) is 18.9 Å². The molecule has 5 heteroatoms. The van der Waals surface area contributed by atoms with Crippen molar-refractivity contribution in [1.82, 2.24) is 14.5 Å². The number of nitrogens with two attached hydrogens (primary N) is 1. The standard InChI is InChI=1S/C18H21N5/c1-12-7-13-5-3-4-6-16(13)21-18(12)23-8-14(15(19)9-23)17-10-22(2)11-20-17/h3-7,10-11,14-15H,8-9,19H2,1-2H3/t14-,15-/m1/s1. The lowest BCUT2D eigenvalue weighted by Crippen LogP contribution is -2.29. The zero-order valence-corrected chi connectivity index (χ0v) is 13.5. The maximum atomic E-state index is 6.39. The Bertz CT molecular complexity index is 853. The van der Waals surface area contributed by atoms with E-state index in [0.29, 0.717) is 0 Å². The normalized spacial score (nSPS) is 21.3. The van der Waals surface area contributed by atoms with Gasteiger partial charge in [0.2, 0.25) is 0 Å². The van der Waals surface area contributed by atoms with Crippen LogP contribution in [0.2, 0.25) is 0 Å². The van der Waals surface area contributed by atoms with Gasteiger partial charge in [-0.3, -0.25) is 0 Å². The van der Waals surface area contributed by atoms with Gasteiger partial charge in [0.25, 0.3) is 0 Å². The Morgan fingerprint density at radius 1 is 1.22 bits per heavy atom. The highest BCUT2D eigenvalue weighted by molar-refractivity contribution is 5.81. The molecule has 1 aliphatic rings. The summed E-state index contributed by atoms with van der Waals surface area (Å²) < 4.78 is 1.98. The summed E-state index contributed by atoms with van der Waals surface area (Å²) in [5.74, 6) is 1.29. The summed E-state index contributed by atoms with van der Waals surface area (Å²) in [5.41, 5.74) is 9.69. The highest BCUT2D eigenvalue weighted by Gasteiger charge is 2.34. The predicted octanol–water partition coefficient (Wildman–Crippen LogP) is 2.21. The average molecular weight is 307 g/mol. The topological polar surface area (TPSA) is 60.0 Å². The predicted molar refractivity (Wildman–Crippen MR) is 92.6 cm³/mol. The smallest absolute Gasteiger partial charge is 0.132 e. The van der Waals surface area contributed by atoms with Crippen molar-refractivity contribution >= 4 is 16.7 Å². The van der Waals surface area contributed by atoms with E-state index in [1.807, 2.05) is 30.1 Å². The summed E-state index contributed by atoms with van der Waals surface area (Å²) in [7, 11) is 1.99. The Labute approximate surface area is 135 Å². The van der Waals surface area contributed by atoms with Crippen LogP contribution in [0.15, 0.2) is 42.9 Å². The number of nitrogens with zero attached hydrogens (tertiary/aromatic N) is 4. The second kappa shape index (κ2) is 5.35. The fraction of sp³-hybridized carbons (Fsp3) is 0.333. The van der Waals surface area contributed by atoms with Crippen molar-refractivity contribution < 1.29 is 0 Å². The molecule has 1 saturated heterocycles. The number of imidazole rings is 1. The zero-order chi connectivity index (χ0) is 16.0. The summed E-state index contributed by atoms with van der Waals surface area (Å²) in [4.78, 5) is 11.7. The van der Waals surface area contributed by atoms with E-state index in [2.05, 4.69) is 41.2 Å². The largest absolute Gasteiger partial charge is 0.354 e. The molecule has 0 bridgehead atoms. The number of rotatable bonds is 2. The maximum Gasteiger partial charge on any atom is 0.132 e. The average Bonchev–Trinajstić information content (AvgIpc) is 3.12. The van der Waals surface area contributed by atoms with Gasteiger partial charge < -0.3 is 15.2 Å². The van der Waals surface area contributed by atoms with Crippen LogP contribution < -0.4 is 10.6 Å². The van der Waals surface area contributed by atoms with Gasteiger partial charge in [-0.1, -0.05) is 18.2 Å². The number of fused-ring (bicyclic) bond motifs is 1. The minimum atomic E-state index is 0.0811. The molecular formula is C18H21N5. The molecule has 5 nitrogen and oxygen atoms in total. The lowest BCUT2D eigenvalue weighted by Gasteiger charge is -2.20. The van der Waals surface area contributed by atoms with Crippen LogP contribution >= 0.6 is 0 Å². The van der Waals surface area contributed by atoms with Crippen LogP contribution in [0, 0.1) is 6.92 Å². The number of anilines is 1. The van der Waals surface area contributed by atoms with Crippen LogP contribution in [0.3, 0.4) is 0 Å². The molecule has 0 amide bonds. The zero-order valence-electron chi connectivity index (χ0n) is 13.5. The lowest BCUT2D eigenvalue weighted by molar-refractivity contribution is 0.639. The Morgan fingerprint density at radius 2 is 2.04 bits per heavy atom. The van der Waals surface area contributed by atoms with Gasteiger partial charge in [-0.25, -0.2) is 9.97 Å². The second-order valence-corrected chi connectivity index (χ2v) is 6.46. The van der Waals surface area contributed by atoms with E-state index in [-0.39, 0.29) is 12.0 Å². The number of para-hydroxylation sites is 1. The number of pyridine rings is 1. The van der Waals surface area contributed by atoms with Crippen LogP contribution in [0.25, 0.3) is 10.9 Å². The molecular weight excluding hydrogens is 286 g/mol. The first kappa shape index (κ1) is 14.2. The van der Waals surface area contributed by atoms with E-state index in [1.54, 1.807) is 0 Å². The molecule has 0 spiro atoms. The van der Waals surface area contributed by atoms with Crippen molar-refractivity contribution in [2.75, 3.05) is 18.0 Å². The molecule has 3 heterocycles. The van der Waals surface area contributed by atoms with E-state index in [1.165, 1.54) is 10.9 Å². The van der Waals surface area contributed by atoms with Crippen molar-refractivity contribution in [2.24, 2.45) is 12.8 Å². The summed E-state index contributed by atoms with van der Waals surface area (Å²) in [6.07, 6.45) is 3.90. The number of aromatic nitrogens is 3. The molecule has 3 aromatic rings. The first-order chi connectivity index (χ1) is 11.1. The quantitative estimate of drug-likeness (QED) is 0.788. The molecule has 4 rings (SSSR count). The Balaban J connectivity index is 1.67. The lowest BCUT2D eigenvalue weighted by atomic mass is 10.0. The number of benzene rings is 1. The van der Waals surface area contributed by atoms with Crippen molar-refractivity contribution in [3.8, 4) is 0 Å². The van der Waals surface area contributed by atoms with Gasteiger partial charge in [0.15, 0.2) is 0 Å². The van der Waals surface area contributed by atoms with Crippen LogP contribution in [0.1, 0.15) is 17.2 Å².